The summed E-state index contributed by atoms with van der Waals surface area (Å²) in [5.74, 6) is 0.845. The van der Waals surface area contributed by atoms with Gasteiger partial charge in [-0.2, -0.15) is 0 Å². The molecule has 2 rings (SSSR count). The van der Waals surface area contributed by atoms with E-state index in [1.165, 1.54) is 0 Å². The van der Waals surface area contributed by atoms with E-state index in [4.69, 9.17) is 10.5 Å². The van der Waals surface area contributed by atoms with Crippen molar-refractivity contribution in [3.05, 3.63) is 59.7 Å². The van der Waals surface area contributed by atoms with E-state index >= 15 is 0 Å². The Bertz CT molecular complexity index is 642. The number of methoxy groups -OCH3 is 1. The number of nitrogens with one attached hydrogen (secondary N) is 1. The van der Waals surface area contributed by atoms with Crippen LogP contribution < -0.4 is 15.8 Å². The van der Waals surface area contributed by atoms with E-state index in [2.05, 4.69) is 12.2 Å². The Morgan fingerprint density at radius 3 is 2.32 bits per heavy atom. The standard InChI is InChI=1S/C20H26N2O2.ClH/c1-3-4-5-19(16-8-12-18(24-2)13-9-16)22-20(23)14-15-6-10-17(21)11-7-15;/h6-13,19H,3-5,14,21H2,1-2H3,(H,22,23);1H. The molecule has 0 aliphatic heterocycles. The molecule has 25 heavy (non-hydrogen) atoms. The second-order valence-electron chi connectivity index (χ2n) is 5.95. The minimum atomic E-state index is 0. The highest BCUT2D eigenvalue weighted by Gasteiger charge is 2.14. The highest BCUT2D eigenvalue weighted by Crippen LogP contribution is 2.22. The van der Waals surface area contributed by atoms with Crippen molar-refractivity contribution in [1.82, 2.24) is 5.32 Å². The molecule has 0 spiro atoms. The van der Waals surface area contributed by atoms with Crippen LogP contribution in [-0.4, -0.2) is 13.0 Å². The number of rotatable bonds is 8. The van der Waals surface area contributed by atoms with E-state index in [0.717, 1.165) is 36.1 Å². The molecule has 3 N–H and O–H groups in total. The zero-order chi connectivity index (χ0) is 17.4. The summed E-state index contributed by atoms with van der Waals surface area (Å²) in [5.41, 5.74) is 8.46. The Hall–Kier alpha value is -2.20. The summed E-state index contributed by atoms with van der Waals surface area (Å²) in [4.78, 5) is 12.4. The number of anilines is 1. The Morgan fingerprint density at radius 1 is 1.12 bits per heavy atom. The lowest BCUT2D eigenvalue weighted by Crippen LogP contribution is -2.29. The molecule has 0 fully saturated rings. The molecule has 5 heteroatoms. The first-order chi connectivity index (χ1) is 11.6. The number of unbranched alkanes of at least 4 members (excludes halogenated alkanes) is 1. The number of nitrogen functional groups attached to an aromatic ring is 1. The first kappa shape index (κ1) is 20.8. The van der Waals surface area contributed by atoms with Crippen molar-refractivity contribution in [2.45, 2.75) is 38.6 Å². The van der Waals surface area contributed by atoms with Crippen LogP contribution in [0, 0.1) is 0 Å². The van der Waals surface area contributed by atoms with E-state index in [1.54, 1.807) is 7.11 Å². The fraction of sp³-hybridized carbons (Fsp3) is 0.350. The first-order valence-electron chi connectivity index (χ1n) is 8.40. The summed E-state index contributed by atoms with van der Waals surface area (Å²) in [6.45, 7) is 2.15. The van der Waals surface area contributed by atoms with Crippen LogP contribution in [0.1, 0.15) is 43.4 Å². The zero-order valence-corrected chi connectivity index (χ0v) is 15.6. The Labute approximate surface area is 156 Å². The zero-order valence-electron chi connectivity index (χ0n) is 14.8. The van der Waals surface area contributed by atoms with Crippen LogP contribution in [-0.2, 0) is 11.2 Å². The van der Waals surface area contributed by atoms with Gasteiger partial charge < -0.3 is 15.8 Å². The van der Waals surface area contributed by atoms with Gasteiger partial charge in [0.15, 0.2) is 0 Å². The largest absolute Gasteiger partial charge is 0.497 e. The number of carbonyl (C=O) groups is 1. The van der Waals surface area contributed by atoms with Gasteiger partial charge in [0.05, 0.1) is 19.6 Å². The first-order valence-corrected chi connectivity index (χ1v) is 8.40. The van der Waals surface area contributed by atoms with E-state index in [-0.39, 0.29) is 24.4 Å². The number of carbonyl (C=O) groups excluding carboxylic acids is 1. The molecule has 1 unspecified atom stereocenters. The molecule has 0 heterocycles. The van der Waals surface area contributed by atoms with Gasteiger partial charge in [0.2, 0.25) is 5.91 Å². The molecule has 1 amide bonds. The molecule has 4 nitrogen and oxygen atoms in total. The third-order valence-corrected chi connectivity index (χ3v) is 4.04. The maximum atomic E-state index is 12.4. The molecular weight excluding hydrogens is 336 g/mol. The molecule has 0 aliphatic rings. The van der Waals surface area contributed by atoms with Crippen LogP contribution in [0.3, 0.4) is 0 Å². The summed E-state index contributed by atoms with van der Waals surface area (Å²) in [7, 11) is 1.65. The van der Waals surface area contributed by atoms with Gasteiger partial charge in [-0.3, -0.25) is 4.79 Å². The molecule has 0 saturated heterocycles. The Morgan fingerprint density at radius 2 is 1.76 bits per heavy atom. The normalized spacial score (nSPS) is 11.3. The van der Waals surface area contributed by atoms with Crippen molar-refractivity contribution < 1.29 is 9.53 Å². The highest BCUT2D eigenvalue weighted by atomic mass is 35.5. The summed E-state index contributed by atoms with van der Waals surface area (Å²) in [5, 5.41) is 3.16. The summed E-state index contributed by atoms with van der Waals surface area (Å²) in [6.07, 6.45) is 3.45. The maximum Gasteiger partial charge on any atom is 0.224 e. The van der Waals surface area contributed by atoms with Crippen molar-refractivity contribution >= 4 is 24.0 Å². The highest BCUT2D eigenvalue weighted by molar-refractivity contribution is 5.85. The Kier molecular flexibility index (Phi) is 8.86. The molecule has 2 aromatic rings. The fourth-order valence-electron chi connectivity index (χ4n) is 2.63. The van der Waals surface area contributed by atoms with Crippen LogP contribution in [0.5, 0.6) is 5.75 Å². The van der Waals surface area contributed by atoms with E-state index in [9.17, 15) is 4.79 Å². The van der Waals surface area contributed by atoms with Gasteiger partial charge >= 0.3 is 0 Å². The van der Waals surface area contributed by atoms with Crippen LogP contribution >= 0.6 is 12.4 Å². The van der Waals surface area contributed by atoms with E-state index < -0.39 is 0 Å². The molecule has 2 aromatic carbocycles. The van der Waals surface area contributed by atoms with Crippen molar-refractivity contribution in [2.75, 3.05) is 12.8 Å². The summed E-state index contributed by atoms with van der Waals surface area (Å²) in [6, 6.07) is 15.3. The lowest BCUT2D eigenvalue weighted by Gasteiger charge is -2.19. The molecule has 0 aromatic heterocycles. The predicted molar refractivity (Wildman–Crippen MR) is 105 cm³/mol. The van der Waals surface area contributed by atoms with Gasteiger partial charge in [-0.1, -0.05) is 44.0 Å². The topological polar surface area (TPSA) is 64.4 Å². The molecule has 0 saturated carbocycles. The van der Waals surface area contributed by atoms with Gasteiger partial charge in [-0.05, 0) is 41.8 Å². The van der Waals surface area contributed by atoms with Crippen molar-refractivity contribution in [1.29, 1.82) is 0 Å². The lowest BCUT2D eigenvalue weighted by atomic mass is 10.0. The van der Waals surface area contributed by atoms with Crippen molar-refractivity contribution in [3.8, 4) is 5.75 Å². The second kappa shape index (κ2) is 10.6. The van der Waals surface area contributed by atoms with Crippen molar-refractivity contribution in [3.63, 3.8) is 0 Å². The number of hydrogen-bond acceptors (Lipinski definition) is 3. The minimum absolute atomic E-state index is 0. The number of hydrogen-bond donors (Lipinski definition) is 2. The van der Waals surface area contributed by atoms with Gasteiger partial charge in [-0.15, -0.1) is 12.4 Å². The van der Waals surface area contributed by atoms with Crippen molar-refractivity contribution in [2.24, 2.45) is 0 Å². The molecule has 1 atom stereocenters. The second-order valence-corrected chi connectivity index (χ2v) is 5.95. The van der Waals surface area contributed by atoms with Gasteiger partial charge in [0.1, 0.15) is 5.75 Å². The SMILES string of the molecule is CCCCC(NC(=O)Cc1ccc(N)cc1)c1ccc(OC)cc1.Cl. The predicted octanol–water partition coefficient (Wildman–Crippen LogP) is 4.29. The molecular formula is C20H27ClN2O2. The number of nitrogens with two attached hydrogens (primary N) is 1. The lowest BCUT2D eigenvalue weighted by molar-refractivity contribution is -0.121. The molecule has 136 valence electrons. The van der Waals surface area contributed by atoms with E-state index in [0.29, 0.717) is 12.1 Å². The van der Waals surface area contributed by atoms with Crippen LogP contribution in [0.4, 0.5) is 5.69 Å². The monoisotopic (exact) mass is 362 g/mol. The number of halogens is 1. The van der Waals surface area contributed by atoms with E-state index in [1.807, 2.05) is 48.5 Å². The quantitative estimate of drug-likeness (QED) is 0.688. The summed E-state index contributed by atoms with van der Waals surface area (Å²) < 4.78 is 5.20. The number of ether oxygens (including phenoxy) is 1. The summed E-state index contributed by atoms with van der Waals surface area (Å²) >= 11 is 0. The maximum absolute atomic E-state index is 12.4. The van der Waals surface area contributed by atoms with Crippen LogP contribution in [0.15, 0.2) is 48.5 Å². The number of amides is 1. The Balaban J connectivity index is 0.00000312. The average molecular weight is 363 g/mol. The third kappa shape index (κ3) is 6.67. The smallest absolute Gasteiger partial charge is 0.224 e. The molecule has 0 radical (unpaired) electrons. The fourth-order valence-corrected chi connectivity index (χ4v) is 2.63. The minimum Gasteiger partial charge on any atom is -0.497 e. The molecule has 0 bridgehead atoms. The van der Waals surface area contributed by atoms with Gasteiger partial charge in [-0.25, -0.2) is 0 Å². The third-order valence-electron chi connectivity index (χ3n) is 4.04. The molecule has 0 aliphatic carbocycles. The number of benzene rings is 2. The van der Waals surface area contributed by atoms with Crippen LogP contribution in [0.2, 0.25) is 0 Å². The average Bonchev–Trinajstić information content (AvgIpc) is 2.60. The van der Waals surface area contributed by atoms with Gasteiger partial charge in [0, 0.05) is 5.69 Å². The van der Waals surface area contributed by atoms with Gasteiger partial charge in [0.25, 0.3) is 0 Å². The van der Waals surface area contributed by atoms with Crippen LogP contribution in [0.25, 0.3) is 0 Å².